The van der Waals surface area contributed by atoms with Crippen molar-refractivity contribution in [1.29, 1.82) is 0 Å². The molecule has 0 fully saturated rings. The molecule has 2 heterocycles. The van der Waals surface area contributed by atoms with Crippen molar-refractivity contribution in [2.75, 3.05) is 12.4 Å². The van der Waals surface area contributed by atoms with E-state index in [4.69, 9.17) is 4.74 Å². The minimum absolute atomic E-state index is 0.612. The lowest BCUT2D eigenvalue weighted by Gasteiger charge is -2.09. The number of rotatable bonds is 4. The molecule has 3 rings (SSSR count). The SMILES string of the molecule is COc1cccc(CNc2cc(C)nc3nc(C)nn23)c1. The van der Waals surface area contributed by atoms with Gasteiger partial charge in [0, 0.05) is 18.3 Å². The van der Waals surface area contributed by atoms with E-state index < -0.39 is 0 Å². The van der Waals surface area contributed by atoms with E-state index in [-0.39, 0.29) is 0 Å². The van der Waals surface area contributed by atoms with E-state index in [1.54, 1.807) is 11.6 Å². The van der Waals surface area contributed by atoms with Crippen LogP contribution < -0.4 is 10.1 Å². The molecule has 2 aromatic heterocycles. The van der Waals surface area contributed by atoms with Gasteiger partial charge in [-0.15, -0.1) is 5.10 Å². The summed E-state index contributed by atoms with van der Waals surface area (Å²) in [6, 6.07) is 9.92. The Labute approximate surface area is 122 Å². The van der Waals surface area contributed by atoms with Gasteiger partial charge < -0.3 is 10.1 Å². The predicted molar refractivity (Wildman–Crippen MR) is 80.6 cm³/mol. The third-order valence-electron chi connectivity index (χ3n) is 3.15. The molecule has 1 N–H and O–H groups in total. The summed E-state index contributed by atoms with van der Waals surface area (Å²) >= 11 is 0. The molecule has 0 bridgehead atoms. The lowest BCUT2D eigenvalue weighted by atomic mass is 10.2. The summed E-state index contributed by atoms with van der Waals surface area (Å²) in [6.07, 6.45) is 0. The summed E-state index contributed by atoms with van der Waals surface area (Å²) in [4.78, 5) is 8.67. The number of nitrogens with zero attached hydrogens (tertiary/aromatic N) is 4. The summed E-state index contributed by atoms with van der Waals surface area (Å²) in [5, 5.41) is 7.73. The molecule has 21 heavy (non-hydrogen) atoms. The number of nitrogens with one attached hydrogen (secondary N) is 1. The zero-order valence-electron chi connectivity index (χ0n) is 12.3. The van der Waals surface area contributed by atoms with Crippen molar-refractivity contribution in [2.24, 2.45) is 0 Å². The number of benzene rings is 1. The third-order valence-corrected chi connectivity index (χ3v) is 3.15. The number of ether oxygens (including phenoxy) is 1. The van der Waals surface area contributed by atoms with Gasteiger partial charge in [0.25, 0.3) is 5.78 Å². The number of anilines is 1. The van der Waals surface area contributed by atoms with E-state index in [9.17, 15) is 0 Å². The minimum Gasteiger partial charge on any atom is -0.497 e. The van der Waals surface area contributed by atoms with Gasteiger partial charge in [0.15, 0.2) is 0 Å². The largest absolute Gasteiger partial charge is 0.497 e. The molecule has 1 aromatic carbocycles. The molecule has 0 radical (unpaired) electrons. The molecule has 3 aromatic rings. The van der Waals surface area contributed by atoms with Crippen molar-refractivity contribution in [3.63, 3.8) is 0 Å². The summed E-state index contributed by atoms with van der Waals surface area (Å²) in [5.74, 6) is 3.04. The first kappa shape index (κ1) is 13.4. The van der Waals surface area contributed by atoms with Gasteiger partial charge >= 0.3 is 0 Å². The minimum atomic E-state index is 0.612. The lowest BCUT2D eigenvalue weighted by molar-refractivity contribution is 0.414. The highest BCUT2D eigenvalue weighted by atomic mass is 16.5. The Hall–Kier alpha value is -2.63. The van der Waals surface area contributed by atoms with Crippen molar-refractivity contribution in [1.82, 2.24) is 19.6 Å². The molecule has 0 aliphatic rings. The fourth-order valence-electron chi connectivity index (χ4n) is 2.19. The van der Waals surface area contributed by atoms with Crippen LogP contribution in [-0.4, -0.2) is 26.7 Å². The zero-order chi connectivity index (χ0) is 14.8. The van der Waals surface area contributed by atoms with Gasteiger partial charge in [-0.25, -0.2) is 4.98 Å². The van der Waals surface area contributed by atoms with Crippen molar-refractivity contribution in [3.05, 3.63) is 47.4 Å². The lowest BCUT2D eigenvalue weighted by Crippen LogP contribution is -2.07. The first-order valence-electron chi connectivity index (χ1n) is 6.73. The molecule has 6 heteroatoms. The van der Waals surface area contributed by atoms with Crippen LogP contribution in [0.1, 0.15) is 17.1 Å². The molecule has 0 aliphatic heterocycles. The van der Waals surface area contributed by atoms with E-state index >= 15 is 0 Å². The van der Waals surface area contributed by atoms with Gasteiger partial charge in [-0.2, -0.15) is 9.50 Å². The van der Waals surface area contributed by atoms with Crippen LogP contribution >= 0.6 is 0 Å². The number of methoxy groups -OCH3 is 1. The summed E-state index contributed by atoms with van der Waals surface area (Å²) in [6.45, 7) is 4.48. The second-order valence-electron chi connectivity index (χ2n) is 4.86. The van der Waals surface area contributed by atoms with Crippen LogP contribution in [0.4, 0.5) is 5.82 Å². The average molecular weight is 283 g/mol. The van der Waals surface area contributed by atoms with Gasteiger partial charge in [-0.3, -0.25) is 0 Å². The standard InChI is InChI=1S/C15H17N5O/c1-10-7-14(20-15(17-10)18-11(2)19-20)16-9-12-5-4-6-13(8-12)21-3/h4-8,16H,9H2,1-3H3. The van der Waals surface area contributed by atoms with Crippen LogP contribution in [0.25, 0.3) is 5.78 Å². The van der Waals surface area contributed by atoms with Crippen molar-refractivity contribution >= 4 is 11.6 Å². The van der Waals surface area contributed by atoms with E-state index in [2.05, 4.69) is 20.4 Å². The van der Waals surface area contributed by atoms with Crippen LogP contribution in [0.2, 0.25) is 0 Å². The predicted octanol–water partition coefficient (Wildman–Crippen LogP) is 2.36. The fraction of sp³-hybridized carbons (Fsp3) is 0.267. The number of aryl methyl sites for hydroxylation is 2. The molecule has 0 atom stereocenters. The van der Waals surface area contributed by atoms with Gasteiger partial charge in [0.2, 0.25) is 0 Å². The zero-order valence-corrected chi connectivity index (χ0v) is 12.3. The van der Waals surface area contributed by atoms with E-state index in [1.807, 2.05) is 44.2 Å². The molecule has 0 spiro atoms. The smallest absolute Gasteiger partial charge is 0.254 e. The maximum absolute atomic E-state index is 5.23. The molecule has 6 nitrogen and oxygen atoms in total. The Bertz CT molecular complexity index is 781. The highest BCUT2D eigenvalue weighted by Gasteiger charge is 2.07. The van der Waals surface area contributed by atoms with E-state index in [0.29, 0.717) is 18.1 Å². The van der Waals surface area contributed by atoms with Crippen LogP contribution in [-0.2, 0) is 6.54 Å². The fourth-order valence-corrected chi connectivity index (χ4v) is 2.19. The molecular formula is C15H17N5O. The van der Waals surface area contributed by atoms with Crippen LogP contribution in [0.15, 0.2) is 30.3 Å². The van der Waals surface area contributed by atoms with Crippen LogP contribution in [0, 0.1) is 13.8 Å². The van der Waals surface area contributed by atoms with Crippen molar-refractivity contribution < 1.29 is 4.74 Å². The Balaban J connectivity index is 1.87. The average Bonchev–Trinajstić information content (AvgIpc) is 2.85. The summed E-state index contributed by atoms with van der Waals surface area (Å²) < 4.78 is 6.96. The highest BCUT2D eigenvalue weighted by Crippen LogP contribution is 2.16. The quantitative estimate of drug-likeness (QED) is 0.796. The number of hydrogen-bond donors (Lipinski definition) is 1. The summed E-state index contributed by atoms with van der Waals surface area (Å²) in [7, 11) is 1.67. The van der Waals surface area contributed by atoms with Gasteiger partial charge in [0.1, 0.15) is 17.4 Å². The highest BCUT2D eigenvalue weighted by molar-refractivity contribution is 5.46. The molecule has 0 amide bonds. The van der Waals surface area contributed by atoms with Crippen molar-refractivity contribution in [2.45, 2.75) is 20.4 Å². The van der Waals surface area contributed by atoms with Gasteiger partial charge in [-0.05, 0) is 31.5 Å². The second kappa shape index (κ2) is 5.40. The number of hydrogen-bond acceptors (Lipinski definition) is 5. The third kappa shape index (κ3) is 2.79. The molecular weight excluding hydrogens is 266 g/mol. The Morgan fingerprint density at radius 2 is 2.05 bits per heavy atom. The van der Waals surface area contributed by atoms with Gasteiger partial charge in [-0.1, -0.05) is 12.1 Å². The van der Waals surface area contributed by atoms with Gasteiger partial charge in [0.05, 0.1) is 7.11 Å². The van der Waals surface area contributed by atoms with E-state index in [0.717, 1.165) is 22.8 Å². The summed E-state index contributed by atoms with van der Waals surface area (Å²) in [5.41, 5.74) is 2.04. The second-order valence-corrected chi connectivity index (χ2v) is 4.86. The number of fused-ring (bicyclic) bond motifs is 1. The molecule has 0 saturated heterocycles. The van der Waals surface area contributed by atoms with E-state index in [1.165, 1.54) is 0 Å². The maximum Gasteiger partial charge on any atom is 0.254 e. The molecule has 108 valence electrons. The maximum atomic E-state index is 5.23. The Kier molecular flexibility index (Phi) is 3.43. The Morgan fingerprint density at radius 1 is 1.19 bits per heavy atom. The molecule has 0 unspecified atom stereocenters. The first-order valence-corrected chi connectivity index (χ1v) is 6.73. The van der Waals surface area contributed by atoms with Crippen LogP contribution in [0.3, 0.4) is 0 Å². The van der Waals surface area contributed by atoms with Crippen molar-refractivity contribution in [3.8, 4) is 5.75 Å². The normalized spacial score (nSPS) is 10.8. The number of aromatic nitrogens is 4. The monoisotopic (exact) mass is 283 g/mol. The molecule has 0 saturated carbocycles. The molecule has 0 aliphatic carbocycles. The first-order chi connectivity index (χ1) is 10.2. The topological polar surface area (TPSA) is 64.3 Å². The van der Waals surface area contributed by atoms with Crippen LogP contribution in [0.5, 0.6) is 5.75 Å². The Morgan fingerprint density at radius 3 is 2.86 bits per heavy atom.